The smallest absolute Gasteiger partial charge is 0.225 e. The molecule has 0 aliphatic rings. The van der Waals surface area contributed by atoms with Crippen LogP contribution in [0.25, 0.3) is 15.3 Å². The molecule has 0 radical (unpaired) electrons. The Balaban J connectivity index is 1.45. The minimum absolute atomic E-state index is 0.0731. The van der Waals surface area contributed by atoms with Crippen molar-refractivity contribution >= 4 is 43.1 Å². The maximum atomic E-state index is 12.6. The van der Waals surface area contributed by atoms with Crippen molar-refractivity contribution in [2.24, 2.45) is 0 Å². The summed E-state index contributed by atoms with van der Waals surface area (Å²) < 4.78 is 33.3. The number of sulfone groups is 1. The second-order valence-corrected chi connectivity index (χ2v) is 11.0. The molecule has 0 aliphatic heterocycles. The highest BCUT2D eigenvalue weighted by Crippen LogP contribution is 2.32. The number of aromatic nitrogens is 3. The second-order valence-electron chi connectivity index (χ2n) is 7.90. The predicted octanol–water partition coefficient (Wildman–Crippen LogP) is 4.69. The number of nitrogens with zero attached hydrogens (tertiary/aromatic N) is 3. The Hall–Kier alpha value is -3.24. The normalized spacial score (nSPS) is 11.6. The molecular weight excluding hydrogens is 472 g/mol. The van der Waals surface area contributed by atoms with E-state index in [1.165, 1.54) is 11.3 Å². The molecule has 1 N–H and O–H groups in total. The minimum atomic E-state index is -3.43. The topological polar surface area (TPSA) is 103 Å². The molecule has 178 valence electrons. The SMILES string of the molecule is CCOc1cccc2sc(-n3nc(C)cc3NC(=O)CCCS(=O)(=O)c3ccc(C)cc3)nc12. The number of benzene rings is 2. The average molecular weight is 499 g/mol. The van der Waals surface area contributed by atoms with Crippen molar-refractivity contribution in [2.75, 3.05) is 17.7 Å². The number of ether oxygens (including phenoxy) is 1. The second kappa shape index (κ2) is 9.94. The summed E-state index contributed by atoms with van der Waals surface area (Å²) in [7, 11) is -3.43. The van der Waals surface area contributed by atoms with Crippen LogP contribution in [-0.4, -0.2) is 41.4 Å². The van der Waals surface area contributed by atoms with E-state index in [0.29, 0.717) is 23.3 Å². The van der Waals surface area contributed by atoms with Crippen LogP contribution in [0, 0.1) is 13.8 Å². The van der Waals surface area contributed by atoms with Crippen LogP contribution >= 0.6 is 11.3 Å². The van der Waals surface area contributed by atoms with E-state index in [4.69, 9.17) is 4.74 Å². The molecule has 0 bridgehead atoms. The van der Waals surface area contributed by atoms with Gasteiger partial charge in [0.2, 0.25) is 11.0 Å². The van der Waals surface area contributed by atoms with E-state index in [9.17, 15) is 13.2 Å². The zero-order valence-electron chi connectivity index (χ0n) is 19.2. The fourth-order valence-corrected chi connectivity index (χ4v) is 5.76. The zero-order chi connectivity index (χ0) is 24.3. The first-order valence-electron chi connectivity index (χ1n) is 11.0. The van der Waals surface area contributed by atoms with Gasteiger partial charge in [0.25, 0.3) is 0 Å². The highest BCUT2D eigenvalue weighted by molar-refractivity contribution is 7.91. The molecule has 0 fully saturated rings. The van der Waals surface area contributed by atoms with Crippen molar-refractivity contribution < 1.29 is 17.9 Å². The van der Waals surface area contributed by atoms with E-state index in [1.54, 1.807) is 35.0 Å². The molecule has 0 aliphatic carbocycles. The standard InChI is InChI=1S/C24H26N4O4S2/c1-4-32-19-7-5-8-20-23(19)26-24(33-20)28-21(15-17(3)27-28)25-22(29)9-6-14-34(30,31)18-12-10-16(2)11-13-18/h5,7-8,10-13,15H,4,6,9,14H2,1-3H3,(H,25,29). The van der Waals surface area contributed by atoms with Crippen LogP contribution in [0.1, 0.15) is 31.0 Å². The maximum Gasteiger partial charge on any atom is 0.225 e. The number of nitrogens with one attached hydrogen (secondary N) is 1. The van der Waals surface area contributed by atoms with Gasteiger partial charge in [0, 0.05) is 12.5 Å². The van der Waals surface area contributed by atoms with Crippen molar-refractivity contribution in [1.82, 2.24) is 14.8 Å². The lowest BCUT2D eigenvalue weighted by molar-refractivity contribution is -0.116. The molecule has 0 saturated heterocycles. The molecule has 0 spiro atoms. The van der Waals surface area contributed by atoms with Crippen LogP contribution < -0.4 is 10.1 Å². The third-order valence-electron chi connectivity index (χ3n) is 5.15. The summed E-state index contributed by atoms with van der Waals surface area (Å²) in [5.74, 6) is 0.809. The Morgan fingerprint density at radius 3 is 2.65 bits per heavy atom. The maximum absolute atomic E-state index is 12.6. The summed E-state index contributed by atoms with van der Waals surface area (Å²) >= 11 is 1.44. The van der Waals surface area contributed by atoms with Gasteiger partial charge in [-0.05, 0) is 51.5 Å². The van der Waals surface area contributed by atoms with Gasteiger partial charge >= 0.3 is 0 Å². The molecule has 4 aromatic rings. The largest absolute Gasteiger partial charge is 0.492 e. The van der Waals surface area contributed by atoms with Crippen LogP contribution in [0.2, 0.25) is 0 Å². The van der Waals surface area contributed by atoms with Crippen molar-refractivity contribution in [2.45, 2.75) is 38.5 Å². The van der Waals surface area contributed by atoms with Crippen LogP contribution in [0.15, 0.2) is 53.4 Å². The lowest BCUT2D eigenvalue weighted by Crippen LogP contribution is -2.16. The van der Waals surface area contributed by atoms with Crippen molar-refractivity contribution in [3.05, 3.63) is 59.8 Å². The fraction of sp³-hybridized carbons (Fsp3) is 0.292. The fourth-order valence-electron chi connectivity index (χ4n) is 3.50. The number of carbonyl (C=O) groups excluding carboxylic acids is 1. The van der Waals surface area contributed by atoms with Crippen LogP contribution in [-0.2, 0) is 14.6 Å². The first-order chi connectivity index (χ1) is 16.3. The lowest BCUT2D eigenvalue weighted by atomic mass is 10.2. The summed E-state index contributed by atoms with van der Waals surface area (Å²) in [5, 5.41) is 7.94. The highest BCUT2D eigenvalue weighted by atomic mass is 32.2. The molecule has 2 aromatic heterocycles. The number of fused-ring (bicyclic) bond motifs is 1. The van der Waals surface area contributed by atoms with Gasteiger partial charge in [-0.2, -0.15) is 9.78 Å². The third kappa shape index (κ3) is 5.28. The Morgan fingerprint density at radius 2 is 1.91 bits per heavy atom. The Labute approximate surface area is 202 Å². The van der Waals surface area contributed by atoms with Gasteiger partial charge in [-0.1, -0.05) is 35.1 Å². The number of rotatable bonds is 9. The van der Waals surface area contributed by atoms with E-state index >= 15 is 0 Å². The molecule has 34 heavy (non-hydrogen) atoms. The Bertz CT molecular complexity index is 1420. The van der Waals surface area contributed by atoms with Crippen molar-refractivity contribution in [1.29, 1.82) is 0 Å². The quantitative estimate of drug-likeness (QED) is 0.359. The number of anilines is 1. The molecule has 0 atom stereocenters. The van der Waals surface area contributed by atoms with Gasteiger partial charge < -0.3 is 10.1 Å². The zero-order valence-corrected chi connectivity index (χ0v) is 20.9. The number of amides is 1. The summed E-state index contributed by atoms with van der Waals surface area (Å²) in [6.07, 6.45) is 0.289. The number of hydrogen-bond donors (Lipinski definition) is 1. The lowest BCUT2D eigenvalue weighted by Gasteiger charge is -2.07. The number of aryl methyl sites for hydroxylation is 2. The van der Waals surface area contributed by atoms with E-state index in [1.807, 2.05) is 39.0 Å². The van der Waals surface area contributed by atoms with Gasteiger partial charge in [-0.15, -0.1) is 0 Å². The molecular formula is C24H26N4O4S2. The van der Waals surface area contributed by atoms with Crippen LogP contribution in [0.4, 0.5) is 5.82 Å². The number of para-hydroxylation sites is 1. The first kappa shape index (κ1) is 23.9. The molecule has 2 heterocycles. The summed E-state index contributed by atoms with van der Waals surface area (Å²) in [4.78, 5) is 17.6. The molecule has 0 saturated carbocycles. The molecule has 1 amide bonds. The van der Waals surface area contributed by atoms with E-state index in [0.717, 1.165) is 21.5 Å². The number of thiazole rings is 1. The monoisotopic (exact) mass is 498 g/mol. The molecule has 2 aromatic carbocycles. The summed E-state index contributed by atoms with van der Waals surface area (Å²) in [5.41, 5.74) is 2.46. The highest BCUT2D eigenvalue weighted by Gasteiger charge is 2.18. The Morgan fingerprint density at radius 1 is 1.15 bits per heavy atom. The van der Waals surface area contributed by atoms with E-state index < -0.39 is 9.84 Å². The van der Waals surface area contributed by atoms with Crippen LogP contribution in [0.5, 0.6) is 5.75 Å². The Kier molecular flexibility index (Phi) is 6.99. The van der Waals surface area contributed by atoms with Gasteiger partial charge in [0.15, 0.2) is 9.84 Å². The number of hydrogen-bond acceptors (Lipinski definition) is 7. The molecule has 4 rings (SSSR count). The van der Waals surface area contributed by atoms with Gasteiger partial charge in [0.05, 0.1) is 27.6 Å². The average Bonchev–Trinajstić information content (AvgIpc) is 3.38. The summed E-state index contributed by atoms with van der Waals surface area (Å²) in [6, 6.07) is 14.2. The number of carbonyl (C=O) groups is 1. The summed E-state index contributed by atoms with van der Waals surface area (Å²) in [6.45, 7) is 6.19. The van der Waals surface area contributed by atoms with E-state index in [2.05, 4.69) is 15.4 Å². The molecule has 10 heteroatoms. The predicted molar refractivity (Wildman–Crippen MR) is 134 cm³/mol. The van der Waals surface area contributed by atoms with Crippen LogP contribution in [0.3, 0.4) is 0 Å². The van der Waals surface area contributed by atoms with Gasteiger partial charge in [-0.25, -0.2) is 13.4 Å². The third-order valence-corrected chi connectivity index (χ3v) is 7.96. The van der Waals surface area contributed by atoms with Crippen molar-refractivity contribution in [3.8, 4) is 10.9 Å². The van der Waals surface area contributed by atoms with Gasteiger partial charge in [-0.3, -0.25) is 4.79 Å². The van der Waals surface area contributed by atoms with Gasteiger partial charge in [0.1, 0.15) is 17.1 Å². The van der Waals surface area contributed by atoms with Crippen molar-refractivity contribution in [3.63, 3.8) is 0 Å². The molecule has 8 nitrogen and oxygen atoms in total. The first-order valence-corrected chi connectivity index (χ1v) is 13.4. The minimum Gasteiger partial charge on any atom is -0.492 e. The van der Waals surface area contributed by atoms with E-state index in [-0.39, 0.29) is 29.4 Å². The molecule has 0 unspecified atom stereocenters.